The summed E-state index contributed by atoms with van der Waals surface area (Å²) in [5.74, 6) is -0.727. The lowest BCUT2D eigenvalue weighted by Gasteiger charge is -2.37. The molecule has 0 spiro atoms. The van der Waals surface area contributed by atoms with Crippen LogP contribution in [0.4, 0.5) is 0 Å². The summed E-state index contributed by atoms with van der Waals surface area (Å²) >= 11 is 0. The summed E-state index contributed by atoms with van der Waals surface area (Å²) < 4.78 is 5.45. The number of aryl methyl sites for hydroxylation is 1. The Balaban J connectivity index is 2.22. The van der Waals surface area contributed by atoms with Gasteiger partial charge in [-0.15, -0.1) is 0 Å². The second kappa shape index (κ2) is 11.1. The second-order valence-electron chi connectivity index (χ2n) is 9.53. The molecule has 2 N–H and O–H groups in total. The molecule has 0 aromatic heterocycles. The summed E-state index contributed by atoms with van der Waals surface area (Å²) in [4.78, 5) is 26.3. The molecule has 1 aromatic rings. The average Bonchev–Trinajstić information content (AvgIpc) is 2.71. The van der Waals surface area contributed by atoms with E-state index in [1.165, 1.54) is 11.1 Å². The fourth-order valence-electron chi connectivity index (χ4n) is 4.62. The fraction of sp³-hybridized carbons (Fsp3) is 0.680. The van der Waals surface area contributed by atoms with E-state index in [0.717, 1.165) is 19.3 Å². The molecule has 0 saturated carbocycles. The summed E-state index contributed by atoms with van der Waals surface area (Å²) in [6, 6.07) is 8.29. The molecule has 2 rings (SSSR count). The van der Waals surface area contributed by atoms with Gasteiger partial charge in [-0.2, -0.15) is 0 Å². The minimum atomic E-state index is -0.446. The number of amides is 1. The Kier molecular flexibility index (Phi) is 9.05. The molecule has 2 unspecified atom stereocenters. The van der Waals surface area contributed by atoms with E-state index in [9.17, 15) is 14.7 Å². The van der Waals surface area contributed by atoms with Gasteiger partial charge >= 0.3 is 0 Å². The van der Waals surface area contributed by atoms with Gasteiger partial charge < -0.3 is 15.2 Å². The molecule has 5 nitrogen and oxygen atoms in total. The van der Waals surface area contributed by atoms with Crippen LogP contribution in [0.5, 0.6) is 0 Å². The number of benzene rings is 1. The number of methoxy groups -OCH3 is 1. The van der Waals surface area contributed by atoms with Crippen LogP contribution >= 0.6 is 0 Å². The maximum Gasteiger partial charge on any atom is 0.224 e. The number of ketones is 1. The van der Waals surface area contributed by atoms with Crippen LogP contribution in [-0.2, 0) is 20.7 Å². The molecule has 30 heavy (non-hydrogen) atoms. The van der Waals surface area contributed by atoms with E-state index < -0.39 is 11.3 Å². The molecule has 0 bridgehead atoms. The first kappa shape index (κ1) is 24.5. The Morgan fingerprint density at radius 2 is 1.97 bits per heavy atom. The molecule has 1 amide bonds. The number of aliphatic hydroxyl groups excluding tert-OH is 1. The lowest BCUT2D eigenvalue weighted by Crippen LogP contribution is -2.44. The maximum atomic E-state index is 13.5. The Morgan fingerprint density at radius 1 is 1.27 bits per heavy atom. The van der Waals surface area contributed by atoms with Crippen molar-refractivity contribution in [3.05, 3.63) is 35.4 Å². The number of rotatable bonds is 11. The highest BCUT2D eigenvalue weighted by Crippen LogP contribution is 2.37. The quantitative estimate of drug-likeness (QED) is 0.565. The van der Waals surface area contributed by atoms with Crippen molar-refractivity contribution in [3.63, 3.8) is 0 Å². The predicted octanol–water partition coefficient (Wildman–Crippen LogP) is 4.23. The van der Waals surface area contributed by atoms with Gasteiger partial charge in [0, 0.05) is 26.1 Å². The number of aliphatic hydroxyl groups is 1. The molecule has 168 valence electrons. The molecule has 0 radical (unpaired) electrons. The number of carbonyl (C=O) groups is 2. The van der Waals surface area contributed by atoms with Gasteiger partial charge in [-0.05, 0) is 55.6 Å². The van der Waals surface area contributed by atoms with Gasteiger partial charge in [0.1, 0.15) is 5.78 Å². The zero-order chi connectivity index (χ0) is 22.3. The number of hydrogen-bond acceptors (Lipinski definition) is 4. The zero-order valence-corrected chi connectivity index (χ0v) is 19.2. The molecular weight excluding hydrogens is 378 g/mol. The van der Waals surface area contributed by atoms with Crippen LogP contribution in [0, 0.1) is 17.3 Å². The van der Waals surface area contributed by atoms with Crippen molar-refractivity contribution in [1.29, 1.82) is 0 Å². The molecule has 0 aliphatic heterocycles. The fourth-order valence-corrected chi connectivity index (χ4v) is 4.62. The average molecular weight is 418 g/mol. The zero-order valence-electron chi connectivity index (χ0n) is 19.2. The highest BCUT2D eigenvalue weighted by molar-refractivity contribution is 5.88. The molecule has 0 heterocycles. The summed E-state index contributed by atoms with van der Waals surface area (Å²) in [5.41, 5.74) is 2.09. The third-order valence-corrected chi connectivity index (χ3v) is 6.68. The van der Waals surface area contributed by atoms with E-state index in [1.807, 2.05) is 39.8 Å². The lowest BCUT2D eigenvalue weighted by molar-refractivity contribution is -0.136. The molecule has 1 aliphatic rings. The number of hydrogen-bond donors (Lipinski definition) is 2. The van der Waals surface area contributed by atoms with Crippen LogP contribution in [0.15, 0.2) is 24.3 Å². The molecule has 1 aliphatic carbocycles. The van der Waals surface area contributed by atoms with Crippen LogP contribution in [0.2, 0.25) is 0 Å². The van der Waals surface area contributed by atoms with Crippen molar-refractivity contribution in [1.82, 2.24) is 5.32 Å². The van der Waals surface area contributed by atoms with Crippen molar-refractivity contribution in [2.75, 3.05) is 13.7 Å². The van der Waals surface area contributed by atoms with Gasteiger partial charge in [-0.25, -0.2) is 0 Å². The SMILES string of the molecule is COC(C)CC(C)(C)C(CC(=O)[C@@H](C)CCO)C(=O)N[C@@H]1CCCc2ccccc21. The Bertz CT molecular complexity index is 715. The summed E-state index contributed by atoms with van der Waals surface area (Å²) in [7, 11) is 1.67. The van der Waals surface area contributed by atoms with E-state index >= 15 is 0 Å². The highest BCUT2D eigenvalue weighted by Gasteiger charge is 2.39. The first-order chi connectivity index (χ1) is 14.2. The van der Waals surface area contributed by atoms with E-state index in [0.29, 0.717) is 12.8 Å². The van der Waals surface area contributed by atoms with E-state index in [1.54, 1.807) is 7.11 Å². The number of carbonyl (C=O) groups excluding carboxylic acids is 2. The molecular formula is C25H39NO4. The molecule has 5 heteroatoms. The normalized spacial score (nSPS) is 19.5. The van der Waals surface area contributed by atoms with Crippen molar-refractivity contribution in [2.24, 2.45) is 17.3 Å². The maximum absolute atomic E-state index is 13.5. The van der Waals surface area contributed by atoms with Crippen LogP contribution in [0.25, 0.3) is 0 Å². The summed E-state index contributed by atoms with van der Waals surface area (Å²) in [6.07, 6.45) is 4.30. The highest BCUT2D eigenvalue weighted by atomic mass is 16.5. The minimum Gasteiger partial charge on any atom is -0.396 e. The van der Waals surface area contributed by atoms with Gasteiger partial charge in [-0.1, -0.05) is 45.0 Å². The third kappa shape index (κ3) is 6.39. The van der Waals surface area contributed by atoms with Gasteiger partial charge in [0.25, 0.3) is 0 Å². The standard InChI is InChI=1S/C25H39NO4/c1-17(13-14-27)23(28)15-21(25(3,4)16-18(2)30-5)24(29)26-22-12-8-10-19-9-6-7-11-20(19)22/h6-7,9,11,17-18,21-22,27H,8,10,12-16H2,1-5H3,(H,26,29)/t17-,18?,21?,22+/m0/s1. The van der Waals surface area contributed by atoms with E-state index in [-0.39, 0.29) is 42.8 Å². The van der Waals surface area contributed by atoms with Gasteiger partial charge in [0.05, 0.1) is 18.1 Å². The number of Topliss-reactive ketones (excluding diaryl/α,β-unsaturated/α-hetero) is 1. The van der Waals surface area contributed by atoms with Gasteiger partial charge in [-0.3, -0.25) is 9.59 Å². The van der Waals surface area contributed by atoms with Crippen LogP contribution < -0.4 is 5.32 Å². The Labute approximate surface area is 181 Å². The van der Waals surface area contributed by atoms with Gasteiger partial charge in [0.2, 0.25) is 5.91 Å². The second-order valence-corrected chi connectivity index (χ2v) is 9.53. The first-order valence-corrected chi connectivity index (χ1v) is 11.2. The monoisotopic (exact) mass is 417 g/mol. The van der Waals surface area contributed by atoms with Crippen molar-refractivity contribution >= 4 is 11.7 Å². The predicted molar refractivity (Wildman–Crippen MR) is 119 cm³/mol. The van der Waals surface area contributed by atoms with Crippen molar-refractivity contribution in [2.45, 2.75) is 78.4 Å². The number of nitrogens with one attached hydrogen (secondary N) is 1. The molecule has 1 aromatic carbocycles. The summed E-state index contributed by atoms with van der Waals surface area (Å²) in [5, 5.41) is 12.5. The van der Waals surface area contributed by atoms with E-state index in [4.69, 9.17) is 4.74 Å². The Hall–Kier alpha value is -1.72. The van der Waals surface area contributed by atoms with E-state index in [2.05, 4.69) is 17.4 Å². The summed E-state index contributed by atoms with van der Waals surface area (Å²) in [6.45, 7) is 7.89. The van der Waals surface area contributed by atoms with Crippen molar-refractivity contribution in [3.8, 4) is 0 Å². The topological polar surface area (TPSA) is 75.6 Å². The molecule has 0 fully saturated rings. The van der Waals surface area contributed by atoms with Crippen LogP contribution in [0.3, 0.4) is 0 Å². The number of ether oxygens (including phenoxy) is 1. The number of fused-ring (bicyclic) bond motifs is 1. The smallest absolute Gasteiger partial charge is 0.224 e. The van der Waals surface area contributed by atoms with Crippen molar-refractivity contribution < 1.29 is 19.4 Å². The largest absolute Gasteiger partial charge is 0.396 e. The minimum absolute atomic E-state index is 0.00401. The Morgan fingerprint density at radius 3 is 2.63 bits per heavy atom. The lowest BCUT2D eigenvalue weighted by atomic mass is 9.71. The molecule has 4 atom stereocenters. The first-order valence-electron chi connectivity index (χ1n) is 11.2. The van der Waals surface area contributed by atoms with Crippen LogP contribution in [0.1, 0.15) is 77.0 Å². The van der Waals surface area contributed by atoms with Crippen LogP contribution in [-0.4, -0.2) is 36.6 Å². The molecule has 0 saturated heterocycles. The van der Waals surface area contributed by atoms with Gasteiger partial charge in [0.15, 0.2) is 0 Å². The third-order valence-electron chi connectivity index (χ3n) is 6.68.